The highest BCUT2D eigenvalue weighted by molar-refractivity contribution is 5.77. The third-order valence-electron chi connectivity index (χ3n) is 8.03. The molecule has 5 atom stereocenters. The van der Waals surface area contributed by atoms with Gasteiger partial charge in [0.1, 0.15) is 0 Å². The van der Waals surface area contributed by atoms with Gasteiger partial charge in [-0.05, 0) is 50.7 Å². The maximum Gasteiger partial charge on any atom is 0.220 e. The molecule has 0 aromatic heterocycles. The van der Waals surface area contributed by atoms with E-state index in [9.17, 15) is 4.79 Å². The van der Waals surface area contributed by atoms with E-state index in [1.165, 1.54) is 11.1 Å². The first-order chi connectivity index (χ1) is 17.6. The second-order valence-electron chi connectivity index (χ2n) is 12.3. The van der Waals surface area contributed by atoms with Gasteiger partial charge in [0, 0.05) is 64.0 Å². The molecule has 4 N–H and O–H groups in total. The lowest BCUT2D eigenvalue weighted by molar-refractivity contribution is -0.122. The number of nitrogens with zero attached hydrogens (tertiary/aromatic N) is 2. The van der Waals surface area contributed by atoms with Gasteiger partial charge in [0.25, 0.3) is 0 Å². The molecule has 1 aliphatic carbocycles. The molecule has 4 rings (SSSR count). The Balaban J connectivity index is 1.47. The minimum atomic E-state index is -0.203. The van der Waals surface area contributed by atoms with Gasteiger partial charge >= 0.3 is 0 Å². The van der Waals surface area contributed by atoms with E-state index in [1.54, 1.807) is 0 Å². The molecule has 4 unspecified atom stereocenters. The number of rotatable bonds is 11. The molecule has 1 spiro atoms. The highest BCUT2D eigenvalue weighted by atomic mass is 16.5. The molecule has 37 heavy (non-hydrogen) atoms. The number of carbonyl (C=O) groups is 1. The number of nitrogens with one attached hydrogen (secondary N) is 2. The minimum Gasteiger partial charge on any atom is -0.387 e. The fourth-order valence-corrected chi connectivity index (χ4v) is 6.38. The second-order valence-corrected chi connectivity index (χ2v) is 12.3. The zero-order valence-electron chi connectivity index (χ0n) is 23.4. The number of methoxy groups -OCH3 is 1. The van der Waals surface area contributed by atoms with Crippen LogP contribution in [-0.4, -0.2) is 85.3 Å². The number of hydrogen-bond donors (Lipinski definition) is 3. The van der Waals surface area contributed by atoms with Crippen molar-refractivity contribution >= 4 is 5.91 Å². The summed E-state index contributed by atoms with van der Waals surface area (Å²) in [6, 6.07) is 10.5. The van der Waals surface area contributed by atoms with Gasteiger partial charge in [0.15, 0.2) is 0 Å². The van der Waals surface area contributed by atoms with E-state index in [4.69, 9.17) is 10.5 Å². The van der Waals surface area contributed by atoms with Crippen molar-refractivity contribution in [3.05, 3.63) is 59.8 Å². The van der Waals surface area contributed by atoms with Gasteiger partial charge in [-0.15, -0.1) is 0 Å². The highest BCUT2D eigenvalue weighted by Gasteiger charge is 2.70. The number of benzene rings is 1. The first-order valence-electron chi connectivity index (χ1n) is 13.8. The zero-order chi connectivity index (χ0) is 26.6. The van der Waals surface area contributed by atoms with Crippen LogP contribution in [0.15, 0.2) is 54.3 Å². The molecule has 3 aliphatic rings. The van der Waals surface area contributed by atoms with Crippen molar-refractivity contribution in [3.8, 4) is 0 Å². The Morgan fingerprint density at radius 3 is 2.65 bits per heavy atom. The van der Waals surface area contributed by atoms with Crippen LogP contribution in [0.2, 0.25) is 0 Å². The Morgan fingerprint density at radius 2 is 2.03 bits per heavy atom. The SMILES string of the molecule is COC1C(NC(C)(C)C)C12CN(CC1=CNCC=C1)CCN2CC(C)C[C@@H](Cc1ccccc1)C(N)=O. The molecule has 1 saturated heterocycles. The lowest BCUT2D eigenvalue weighted by Crippen LogP contribution is -2.60. The molecule has 7 nitrogen and oxygen atoms in total. The van der Waals surface area contributed by atoms with E-state index in [2.05, 4.69) is 78.6 Å². The predicted molar refractivity (Wildman–Crippen MR) is 150 cm³/mol. The van der Waals surface area contributed by atoms with Gasteiger partial charge in [-0.25, -0.2) is 0 Å². The van der Waals surface area contributed by atoms with Crippen LogP contribution in [0.4, 0.5) is 0 Å². The van der Waals surface area contributed by atoms with Crippen molar-refractivity contribution < 1.29 is 9.53 Å². The number of dihydropyridines is 1. The van der Waals surface area contributed by atoms with E-state index < -0.39 is 0 Å². The number of primary amides is 1. The van der Waals surface area contributed by atoms with Crippen LogP contribution in [0.3, 0.4) is 0 Å². The average Bonchev–Trinajstić information content (AvgIpc) is 3.44. The molecule has 2 aliphatic heterocycles. The van der Waals surface area contributed by atoms with Crippen LogP contribution in [0.25, 0.3) is 0 Å². The molecule has 204 valence electrons. The standard InChI is InChI=1S/C30H47N5O2/c1-22(16-25(28(31)36)17-23-10-7-6-8-11-23)19-35-15-14-34(20-24-12-9-13-32-18-24)21-30(35)26(27(30)37-5)33-29(2,3)4/h6-12,18,22,25-27,32-33H,13-17,19-21H2,1-5H3,(H2,31,36)/t22?,25-,26?,27?,30?/m0/s1. The topological polar surface area (TPSA) is 82.9 Å². The van der Waals surface area contributed by atoms with Crippen LogP contribution in [0.1, 0.15) is 39.7 Å². The van der Waals surface area contributed by atoms with Crippen molar-refractivity contribution in [2.24, 2.45) is 17.6 Å². The average molecular weight is 510 g/mol. The molecule has 2 fully saturated rings. The van der Waals surface area contributed by atoms with Crippen molar-refractivity contribution in [3.63, 3.8) is 0 Å². The van der Waals surface area contributed by atoms with E-state index in [-0.39, 0.29) is 35.0 Å². The molecular formula is C30H47N5O2. The summed E-state index contributed by atoms with van der Waals surface area (Å²) in [5, 5.41) is 7.20. The number of ether oxygens (including phenoxy) is 1. The van der Waals surface area contributed by atoms with Crippen molar-refractivity contribution in [1.82, 2.24) is 20.4 Å². The monoisotopic (exact) mass is 509 g/mol. The normalized spacial score (nSPS) is 28.0. The van der Waals surface area contributed by atoms with Gasteiger partial charge in [-0.2, -0.15) is 0 Å². The lowest BCUT2D eigenvalue weighted by Gasteiger charge is -2.45. The predicted octanol–water partition coefficient (Wildman–Crippen LogP) is 2.54. The van der Waals surface area contributed by atoms with E-state index in [0.29, 0.717) is 12.3 Å². The number of hydrogen-bond acceptors (Lipinski definition) is 6. The summed E-state index contributed by atoms with van der Waals surface area (Å²) in [7, 11) is 1.84. The fraction of sp³-hybridized carbons (Fsp3) is 0.633. The third kappa shape index (κ3) is 6.82. The van der Waals surface area contributed by atoms with Crippen molar-refractivity contribution in [2.75, 3.05) is 46.4 Å². The van der Waals surface area contributed by atoms with Crippen LogP contribution in [0, 0.1) is 11.8 Å². The van der Waals surface area contributed by atoms with E-state index >= 15 is 0 Å². The smallest absolute Gasteiger partial charge is 0.220 e. The lowest BCUT2D eigenvalue weighted by atomic mass is 9.89. The summed E-state index contributed by atoms with van der Waals surface area (Å²) in [6.45, 7) is 14.7. The molecule has 0 bridgehead atoms. The molecule has 2 heterocycles. The van der Waals surface area contributed by atoms with Crippen LogP contribution < -0.4 is 16.4 Å². The van der Waals surface area contributed by atoms with E-state index in [1.807, 2.05) is 25.3 Å². The summed E-state index contributed by atoms with van der Waals surface area (Å²) in [5.41, 5.74) is 8.27. The maximum absolute atomic E-state index is 12.4. The van der Waals surface area contributed by atoms with Crippen LogP contribution >= 0.6 is 0 Å². The van der Waals surface area contributed by atoms with Gasteiger partial charge < -0.3 is 21.1 Å². The number of nitrogens with two attached hydrogens (primary N) is 1. The summed E-state index contributed by atoms with van der Waals surface area (Å²) >= 11 is 0. The maximum atomic E-state index is 12.4. The Kier molecular flexibility index (Phi) is 8.79. The molecule has 7 heteroatoms. The fourth-order valence-electron chi connectivity index (χ4n) is 6.38. The summed E-state index contributed by atoms with van der Waals surface area (Å²) in [6.07, 6.45) is 8.19. The second kappa shape index (κ2) is 11.7. The quantitative estimate of drug-likeness (QED) is 0.425. The minimum absolute atomic E-state index is 0.00415. The molecule has 0 radical (unpaired) electrons. The van der Waals surface area contributed by atoms with Crippen molar-refractivity contribution in [1.29, 1.82) is 0 Å². The summed E-state index contributed by atoms with van der Waals surface area (Å²) < 4.78 is 6.12. The Labute approximate surface area is 223 Å². The largest absolute Gasteiger partial charge is 0.387 e. The molecule has 1 saturated carbocycles. The Morgan fingerprint density at radius 1 is 1.27 bits per heavy atom. The Bertz CT molecular complexity index is 972. The van der Waals surface area contributed by atoms with Gasteiger partial charge in [0.2, 0.25) is 5.91 Å². The number of carbonyl (C=O) groups excluding carboxylic acids is 1. The number of amides is 1. The zero-order valence-corrected chi connectivity index (χ0v) is 23.4. The third-order valence-corrected chi connectivity index (χ3v) is 8.03. The summed E-state index contributed by atoms with van der Waals surface area (Å²) in [4.78, 5) is 17.6. The summed E-state index contributed by atoms with van der Waals surface area (Å²) in [5.74, 6) is -0.0228. The first kappa shape index (κ1) is 27.8. The van der Waals surface area contributed by atoms with E-state index in [0.717, 1.165) is 45.7 Å². The van der Waals surface area contributed by atoms with Gasteiger partial charge in [-0.3, -0.25) is 14.6 Å². The molecular weight excluding hydrogens is 462 g/mol. The van der Waals surface area contributed by atoms with Gasteiger partial charge in [-0.1, -0.05) is 49.4 Å². The first-order valence-corrected chi connectivity index (χ1v) is 13.8. The van der Waals surface area contributed by atoms with Crippen LogP contribution in [0.5, 0.6) is 0 Å². The molecule has 1 aromatic carbocycles. The molecule has 1 aromatic rings. The highest BCUT2D eigenvalue weighted by Crippen LogP contribution is 2.48. The van der Waals surface area contributed by atoms with Crippen LogP contribution in [-0.2, 0) is 16.0 Å². The van der Waals surface area contributed by atoms with Gasteiger partial charge in [0.05, 0.1) is 17.7 Å². The number of piperazine rings is 1. The molecule has 1 amide bonds. The Hall–Kier alpha value is -2.19. The van der Waals surface area contributed by atoms with Crippen molar-refractivity contribution in [2.45, 2.75) is 63.8 Å².